The third-order valence-electron chi connectivity index (χ3n) is 2.27. The van der Waals surface area contributed by atoms with Crippen molar-refractivity contribution in [3.8, 4) is 6.07 Å². The maximum atomic E-state index is 12.6. The van der Waals surface area contributed by atoms with Crippen LogP contribution in [-0.4, -0.2) is 11.1 Å². The quantitative estimate of drug-likeness (QED) is 0.594. The Labute approximate surface area is 113 Å². The van der Waals surface area contributed by atoms with E-state index in [9.17, 15) is 13.2 Å². The first-order valence-electron chi connectivity index (χ1n) is 5.22. The molecule has 0 spiro atoms. The van der Waals surface area contributed by atoms with Gasteiger partial charge in [0.25, 0.3) is 0 Å². The minimum absolute atomic E-state index is 0.200. The van der Waals surface area contributed by atoms with Crippen LogP contribution >= 0.6 is 23.4 Å². The topological polar surface area (TPSA) is 23.8 Å². The molecule has 0 bridgehead atoms. The fraction of sp³-hybridized carbons (Fsp3) is 0.417. The number of nitriles is 1. The summed E-state index contributed by atoms with van der Waals surface area (Å²) < 4.78 is 37.7. The van der Waals surface area contributed by atoms with Gasteiger partial charge in [0.05, 0.1) is 17.2 Å². The maximum absolute atomic E-state index is 12.6. The van der Waals surface area contributed by atoms with Gasteiger partial charge in [-0.05, 0) is 24.6 Å². The van der Waals surface area contributed by atoms with Gasteiger partial charge in [0.2, 0.25) is 0 Å². The first kappa shape index (κ1) is 15.2. The second kappa shape index (κ2) is 6.35. The third kappa shape index (κ3) is 4.11. The lowest BCUT2D eigenvalue weighted by molar-refractivity contribution is -0.137. The van der Waals surface area contributed by atoms with Crippen LogP contribution < -0.4 is 0 Å². The van der Waals surface area contributed by atoms with Crippen molar-refractivity contribution in [1.82, 2.24) is 0 Å². The van der Waals surface area contributed by atoms with Gasteiger partial charge >= 0.3 is 6.18 Å². The molecule has 0 amide bonds. The molecule has 0 heterocycles. The van der Waals surface area contributed by atoms with E-state index in [1.165, 1.54) is 23.9 Å². The molecule has 1 aromatic carbocycles. The molecule has 0 aliphatic carbocycles. The smallest absolute Gasteiger partial charge is 0.192 e. The van der Waals surface area contributed by atoms with Crippen molar-refractivity contribution in [2.45, 2.75) is 29.7 Å². The van der Waals surface area contributed by atoms with Gasteiger partial charge in [-0.1, -0.05) is 6.92 Å². The molecule has 0 aromatic heterocycles. The summed E-state index contributed by atoms with van der Waals surface area (Å²) in [4.78, 5) is 0.650. The fourth-order valence-electron chi connectivity index (χ4n) is 1.38. The van der Waals surface area contributed by atoms with Crippen molar-refractivity contribution in [2.75, 3.05) is 5.88 Å². The number of nitrogens with zero attached hydrogens (tertiary/aromatic N) is 1. The van der Waals surface area contributed by atoms with E-state index >= 15 is 0 Å². The summed E-state index contributed by atoms with van der Waals surface area (Å²) >= 11 is 7.01. The van der Waals surface area contributed by atoms with E-state index in [1.54, 1.807) is 6.07 Å². The van der Waals surface area contributed by atoms with Crippen LogP contribution in [0.25, 0.3) is 0 Å². The molecule has 0 radical (unpaired) electrons. The summed E-state index contributed by atoms with van der Waals surface area (Å²) in [5, 5.41) is 8.96. The van der Waals surface area contributed by atoms with Gasteiger partial charge in [-0.15, -0.1) is 23.4 Å². The third-order valence-corrected chi connectivity index (χ3v) is 3.65. The minimum Gasteiger partial charge on any atom is -0.192 e. The molecule has 0 aliphatic rings. The molecule has 1 rings (SSSR count). The van der Waals surface area contributed by atoms with Gasteiger partial charge in [0.15, 0.2) is 0 Å². The molecule has 0 fully saturated rings. The van der Waals surface area contributed by atoms with Crippen molar-refractivity contribution in [2.24, 2.45) is 0 Å². The summed E-state index contributed by atoms with van der Waals surface area (Å²) in [6, 6.07) is 5.21. The maximum Gasteiger partial charge on any atom is 0.417 e. The average molecular weight is 294 g/mol. The van der Waals surface area contributed by atoms with Crippen molar-refractivity contribution in [3.63, 3.8) is 0 Å². The normalized spacial score (nSPS) is 13.1. The van der Waals surface area contributed by atoms with Gasteiger partial charge < -0.3 is 0 Å². The Hall–Kier alpha value is -0.860. The summed E-state index contributed by atoms with van der Waals surface area (Å²) in [5.41, 5.74) is -1.23. The molecule has 1 unspecified atom stereocenters. The highest BCUT2D eigenvalue weighted by atomic mass is 35.5. The van der Waals surface area contributed by atoms with Crippen LogP contribution in [0.5, 0.6) is 0 Å². The Balaban J connectivity index is 2.97. The first-order valence-corrected chi connectivity index (χ1v) is 6.64. The Kier molecular flexibility index (Phi) is 5.36. The Morgan fingerprint density at radius 3 is 2.61 bits per heavy atom. The first-order chi connectivity index (χ1) is 8.38. The molecule has 0 saturated carbocycles. The predicted octanol–water partition coefficient (Wildman–Crippen LogP) is 4.69. The second-order valence-electron chi connectivity index (χ2n) is 3.72. The van der Waals surface area contributed by atoms with Crippen molar-refractivity contribution in [3.05, 3.63) is 29.3 Å². The number of rotatable bonds is 4. The fourth-order valence-corrected chi connectivity index (χ4v) is 2.87. The van der Waals surface area contributed by atoms with Crippen LogP contribution in [0.15, 0.2) is 23.1 Å². The highest BCUT2D eigenvalue weighted by Crippen LogP contribution is 2.35. The van der Waals surface area contributed by atoms with E-state index in [-0.39, 0.29) is 10.8 Å². The zero-order chi connectivity index (χ0) is 13.8. The van der Waals surface area contributed by atoms with E-state index in [2.05, 4.69) is 0 Å². The van der Waals surface area contributed by atoms with E-state index in [0.717, 1.165) is 12.5 Å². The molecule has 1 aromatic rings. The lowest BCUT2D eigenvalue weighted by Gasteiger charge is -2.12. The van der Waals surface area contributed by atoms with Crippen LogP contribution in [0, 0.1) is 11.3 Å². The van der Waals surface area contributed by atoms with Crippen molar-refractivity contribution in [1.29, 1.82) is 5.26 Å². The second-order valence-corrected chi connectivity index (χ2v) is 5.61. The van der Waals surface area contributed by atoms with E-state index < -0.39 is 11.7 Å². The van der Waals surface area contributed by atoms with Crippen molar-refractivity contribution >= 4 is 23.4 Å². The standard InChI is InChI=1S/C12H11ClF3NS/c1-8(4-5-13)18-10-2-3-11(12(14,15)16)9(6-10)7-17/h2-3,6,8H,4-5H2,1H3. The molecule has 1 atom stereocenters. The average Bonchev–Trinajstić information content (AvgIpc) is 2.27. The van der Waals surface area contributed by atoms with Gasteiger partial charge in [-0.3, -0.25) is 0 Å². The van der Waals surface area contributed by atoms with Crippen LogP contribution in [0.2, 0.25) is 0 Å². The van der Waals surface area contributed by atoms with E-state index in [4.69, 9.17) is 16.9 Å². The largest absolute Gasteiger partial charge is 0.417 e. The monoisotopic (exact) mass is 293 g/mol. The SMILES string of the molecule is CC(CCCl)Sc1ccc(C(F)(F)F)c(C#N)c1. The lowest BCUT2D eigenvalue weighted by Crippen LogP contribution is -2.07. The van der Waals surface area contributed by atoms with Crippen LogP contribution in [0.1, 0.15) is 24.5 Å². The molecule has 98 valence electrons. The van der Waals surface area contributed by atoms with Crippen molar-refractivity contribution < 1.29 is 13.2 Å². The summed E-state index contributed by atoms with van der Waals surface area (Å²) in [7, 11) is 0. The predicted molar refractivity (Wildman–Crippen MR) is 66.8 cm³/mol. The number of halogens is 4. The molecule has 0 aliphatic heterocycles. The molecular weight excluding hydrogens is 283 g/mol. The number of hydrogen-bond acceptors (Lipinski definition) is 2. The van der Waals surface area contributed by atoms with Crippen LogP contribution in [-0.2, 0) is 6.18 Å². The van der Waals surface area contributed by atoms with Crippen LogP contribution in [0.4, 0.5) is 13.2 Å². The Morgan fingerprint density at radius 1 is 1.44 bits per heavy atom. The van der Waals surface area contributed by atoms with Gasteiger partial charge in [0, 0.05) is 16.0 Å². The summed E-state index contributed by atoms with van der Waals surface area (Å²) in [5.74, 6) is 0.500. The Morgan fingerprint density at radius 2 is 2.11 bits per heavy atom. The molecule has 18 heavy (non-hydrogen) atoms. The van der Waals surface area contributed by atoms with E-state index in [0.29, 0.717) is 10.8 Å². The number of alkyl halides is 4. The zero-order valence-electron chi connectivity index (χ0n) is 9.59. The highest BCUT2D eigenvalue weighted by Gasteiger charge is 2.33. The zero-order valence-corrected chi connectivity index (χ0v) is 11.2. The number of benzene rings is 1. The van der Waals surface area contributed by atoms with Gasteiger partial charge in [-0.2, -0.15) is 18.4 Å². The molecule has 0 saturated heterocycles. The lowest BCUT2D eigenvalue weighted by atomic mass is 10.1. The molecular formula is C12H11ClF3NS. The molecule has 1 nitrogen and oxygen atoms in total. The molecule has 6 heteroatoms. The Bertz CT molecular complexity index is 454. The van der Waals surface area contributed by atoms with Gasteiger partial charge in [0.1, 0.15) is 0 Å². The summed E-state index contributed by atoms with van der Waals surface area (Å²) in [6.07, 6.45) is -3.73. The number of thioether (sulfide) groups is 1. The van der Waals surface area contributed by atoms with Crippen LogP contribution in [0.3, 0.4) is 0 Å². The van der Waals surface area contributed by atoms with Gasteiger partial charge in [-0.25, -0.2) is 0 Å². The minimum atomic E-state index is -4.49. The summed E-state index contributed by atoms with van der Waals surface area (Å²) in [6.45, 7) is 1.94. The highest BCUT2D eigenvalue weighted by molar-refractivity contribution is 7.99. The number of hydrogen-bond donors (Lipinski definition) is 0. The molecule has 0 N–H and O–H groups in total. The van der Waals surface area contributed by atoms with E-state index in [1.807, 2.05) is 6.92 Å².